The Morgan fingerprint density at radius 1 is 1.30 bits per heavy atom. The van der Waals surface area contributed by atoms with E-state index in [1.807, 2.05) is 4.90 Å². The summed E-state index contributed by atoms with van der Waals surface area (Å²) in [5.74, 6) is -3.09. The van der Waals surface area contributed by atoms with Gasteiger partial charge in [0.15, 0.2) is 0 Å². The number of methoxy groups -OCH3 is 1. The van der Waals surface area contributed by atoms with E-state index in [9.17, 15) is 29.4 Å². The molecule has 1 fully saturated rings. The zero-order valence-electron chi connectivity index (χ0n) is 18.0. The Hall–Kier alpha value is -2.21. The third-order valence-electron chi connectivity index (χ3n) is 4.87. The van der Waals surface area contributed by atoms with Gasteiger partial charge in [-0.2, -0.15) is 0 Å². The maximum absolute atomic E-state index is 12.6. The van der Waals surface area contributed by atoms with Crippen LogP contribution < -0.4 is 5.32 Å². The van der Waals surface area contributed by atoms with Gasteiger partial charge in [0.05, 0.1) is 7.11 Å². The van der Waals surface area contributed by atoms with E-state index in [-0.39, 0.29) is 17.5 Å². The number of likely N-dealkylation sites (tertiary alicyclic amines) is 1. The maximum Gasteiger partial charge on any atom is 0.328 e. The summed E-state index contributed by atoms with van der Waals surface area (Å²) in [5.41, 5.74) is 1.15. The second-order valence-corrected chi connectivity index (χ2v) is 10.2. The van der Waals surface area contributed by atoms with Crippen LogP contribution in [-0.2, 0) is 23.9 Å². The van der Waals surface area contributed by atoms with Crippen molar-refractivity contribution in [3.63, 3.8) is 0 Å². The zero-order valence-corrected chi connectivity index (χ0v) is 20.4. The molecule has 1 aromatic rings. The van der Waals surface area contributed by atoms with Gasteiger partial charge in [0.2, 0.25) is 5.91 Å². The van der Waals surface area contributed by atoms with Crippen LogP contribution in [0.4, 0.5) is 0 Å². The maximum atomic E-state index is 12.6. The lowest BCUT2D eigenvalue weighted by molar-refractivity contribution is -0.147. The Labute approximate surface area is 204 Å². The first-order valence-electron chi connectivity index (χ1n) is 9.91. The number of benzene rings is 1. The molecule has 0 aliphatic carbocycles. The number of nitrogens with one attached hydrogen (secondary N) is 1. The number of piperidine rings is 1. The average Bonchev–Trinajstić information content (AvgIpc) is 2.74. The average molecular weight is 517 g/mol. The highest BCUT2D eigenvalue weighted by molar-refractivity contribution is 8.77. The number of hydrogen-bond acceptors (Lipinski definition) is 8. The fourth-order valence-corrected chi connectivity index (χ4v) is 6.51. The number of aliphatic carboxylic acids is 2. The first kappa shape index (κ1) is 27.0. The molecule has 0 radical (unpaired) electrons. The first-order chi connectivity index (χ1) is 15.6. The summed E-state index contributed by atoms with van der Waals surface area (Å²) < 4.78 is 4.99. The molecule has 1 aliphatic rings. The third kappa shape index (κ3) is 7.95. The topological polar surface area (TPSA) is 133 Å². The van der Waals surface area contributed by atoms with Crippen molar-refractivity contribution in [2.75, 3.05) is 26.0 Å². The van der Waals surface area contributed by atoms with Gasteiger partial charge in [-0.3, -0.25) is 9.69 Å². The van der Waals surface area contributed by atoms with Crippen molar-refractivity contribution in [3.8, 4) is 0 Å². The van der Waals surface area contributed by atoms with Crippen molar-refractivity contribution >= 4 is 57.0 Å². The minimum Gasteiger partial charge on any atom is -0.480 e. The van der Waals surface area contributed by atoms with Crippen LogP contribution in [-0.4, -0.2) is 76.2 Å². The van der Waals surface area contributed by atoms with Gasteiger partial charge in [-0.05, 0) is 23.6 Å². The summed E-state index contributed by atoms with van der Waals surface area (Å²) in [5, 5.41) is 21.2. The van der Waals surface area contributed by atoms with Gasteiger partial charge in [-0.1, -0.05) is 51.4 Å². The van der Waals surface area contributed by atoms with Crippen LogP contribution in [0.5, 0.6) is 0 Å². The summed E-state index contributed by atoms with van der Waals surface area (Å²) >= 11 is 6.32. The number of ether oxygens (including phenoxy) is 1. The van der Waals surface area contributed by atoms with E-state index >= 15 is 0 Å². The number of carbonyl (C=O) groups excluding carboxylic acids is 2. The molecule has 12 heteroatoms. The van der Waals surface area contributed by atoms with Gasteiger partial charge < -0.3 is 20.3 Å². The second kappa shape index (κ2) is 12.9. The molecule has 1 heterocycles. The largest absolute Gasteiger partial charge is 0.480 e. The van der Waals surface area contributed by atoms with Crippen molar-refractivity contribution < 1.29 is 34.1 Å². The molecule has 1 aliphatic heterocycles. The van der Waals surface area contributed by atoms with Gasteiger partial charge in [-0.25, -0.2) is 14.4 Å². The predicted molar refractivity (Wildman–Crippen MR) is 127 cm³/mol. The third-order valence-corrected chi connectivity index (χ3v) is 8.10. The minimum absolute atomic E-state index is 0.116. The van der Waals surface area contributed by atoms with Gasteiger partial charge in [0.25, 0.3) is 0 Å². The number of carbonyl (C=O) groups is 4. The number of hydrogen-bond donors (Lipinski definition) is 3. The molecule has 0 spiro atoms. The Morgan fingerprint density at radius 2 is 2.00 bits per heavy atom. The quantitative estimate of drug-likeness (QED) is 0.242. The van der Waals surface area contributed by atoms with Crippen LogP contribution in [0, 0.1) is 0 Å². The smallest absolute Gasteiger partial charge is 0.328 e. The van der Waals surface area contributed by atoms with Crippen molar-refractivity contribution in [1.82, 2.24) is 10.2 Å². The van der Waals surface area contributed by atoms with Crippen LogP contribution in [0.3, 0.4) is 0 Å². The molecule has 3 atom stereocenters. The molecule has 1 saturated heterocycles. The molecule has 0 aromatic heterocycles. The molecule has 3 N–H and O–H groups in total. The number of amides is 1. The fourth-order valence-electron chi connectivity index (χ4n) is 3.40. The van der Waals surface area contributed by atoms with Gasteiger partial charge >= 0.3 is 17.9 Å². The Bertz CT molecular complexity index is 928. The van der Waals surface area contributed by atoms with E-state index in [0.717, 1.165) is 6.08 Å². The highest BCUT2D eigenvalue weighted by Gasteiger charge is 2.35. The Kier molecular flexibility index (Phi) is 10.6. The molecule has 33 heavy (non-hydrogen) atoms. The highest BCUT2D eigenvalue weighted by atomic mass is 35.5. The second-order valence-electron chi connectivity index (χ2n) is 7.22. The van der Waals surface area contributed by atoms with E-state index in [2.05, 4.69) is 5.32 Å². The monoisotopic (exact) mass is 516 g/mol. The number of rotatable bonds is 10. The van der Waals surface area contributed by atoms with E-state index in [4.69, 9.17) is 16.3 Å². The SMILES string of the molecule is COC(=O)C(c1ccccc1Cl)N1CCC(SSC[C@H](NC(C)=O)C(=O)O)/C(=C\C(=O)O)C1. The van der Waals surface area contributed by atoms with E-state index in [1.165, 1.54) is 35.6 Å². The standard InChI is InChI=1S/C21H25ClN2O7S2/c1-12(25)23-16(20(28)29)11-32-33-17-7-8-24(10-13(17)9-18(26)27)19(21(30)31-2)14-5-3-4-6-15(14)22/h3-6,9,16-17,19H,7-8,10-11H2,1-2H3,(H,23,25)(H,26,27)(H,28,29)/b13-9-/t16-,17?,19?/m0/s1. The summed E-state index contributed by atoms with van der Waals surface area (Å²) in [6.07, 6.45) is 1.64. The van der Waals surface area contributed by atoms with Crippen LogP contribution in [0.15, 0.2) is 35.9 Å². The number of nitrogens with zero attached hydrogens (tertiary/aromatic N) is 1. The first-order valence-corrected chi connectivity index (χ1v) is 12.7. The molecule has 1 amide bonds. The normalized spacial score (nSPS) is 19.5. The summed E-state index contributed by atoms with van der Waals surface area (Å²) in [7, 11) is 3.88. The summed E-state index contributed by atoms with van der Waals surface area (Å²) in [6.45, 7) is 1.91. The highest BCUT2D eigenvalue weighted by Crippen LogP contribution is 2.39. The number of carboxylic acid groups (broad SMARTS) is 2. The number of carboxylic acids is 2. The molecule has 1 aromatic carbocycles. The Balaban J connectivity index is 2.17. The van der Waals surface area contributed by atoms with Crippen LogP contribution >= 0.6 is 33.2 Å². The summed E-state index contributed by atoms with van der Waals surface area (Å²) in [6, 6.07) is 5.08. The minimum atomic E-state index is -1.14. The molecule has 0 saturated carbocycles. The van der Waals surface area contributed by atoms with E-state index < -0.39 is 35.9 Å². The lowest BCUT2D eigenvalue weighted by atomic mass is 9.98. The Morgan fingerprint density at radius 3 is 2.58 bits per heavy atom. The molecular weight excluding hydrogens is 492 g/mol. The number of esters is 1. The van der Waals surface area contributed by atoms with Gasteiger partial charge in [-0.15, -0.1) is 0 Å². The van der Waals surface area contributed by atoms with Crippen molar-refractivity contribution in [2.24, 2.45) is 0 Å². The van der Waals surface area contributed by atoms with E-state index in [1.54, 1.807) is 24.3 Å². The fraction of sp³-hybridized carbons (Fsp3) is 0.429. The molecule has 180 valence electrons. The molecule has 2 rings (SSSR count). The molecule has 0 bridgehead atoms. The zero-order chi connectivity index (χ0) is 24.5. The molecule has 2 unspecified atom stereocenters. The lowest BCUT2D eigenvalue weighted by Crippen LogP contribution is -2.43. The van der Waals surface area contributed by atoms with Crippen molar-refractivity contribution in [2.45, 2.75) is 30.7 Å². The van der Waals surface area contributed by atoms with Crippen LogP contribution in [0.25, 0.3) is 0 Å². The van der Waals surface area contributed by atoms with Crippen LogP contribution in [0.1, 0.15) is 24.9 Å². The number of halogens is 1. The predicted octanol–water partition coefficient (Wildman–Crippen LogP) is 2.61. The van der Waals surface area contributed by atoms with E-state index in [0.29, 0.717) is 29.1 Å². The summed E-state index contributed by atoms with van der Waals surface area (Å²) in [4.78, 5) is 48.4. The van der Waals surface area contributed by atoms with Gasteiger partial charge in [0, 0.05) is 42.1 Å². The lowest BCUT2D eigenvalue weighted by Gasteiger charge is -2.37. The van der Waals surface area contributed by atoms with Crippen molar-refractivity contribution in [3.05, 3.63) is 46.5 Å². The van der Waals surface area contributed by atoms with Gasteiger partial charge in [0.1, 0.15) is 12.1 Å². The van der Waals surface area contributed by atoms with Crippen molar-refractivity contribution in [1.29, 1.82) is 0 Å². The molecular formula is C21H25ClN2O7S2. The van der Waals surface area contributed by atoms with Crippen LogP contribution in [0.2, 0.25) is 5.02 Å². The molecule has 9 nitrogen and oxygen atoms in total.